The van der Waals surface area contributed by atoms with Crippen LogP contribution in [0.5, 0.6) is 0 Å². The number of aliphatic imine (C=N–C) groups is 1. The summed E-state index contributed by atoms with van der Waals surface area (Å²) in [5, 5.41) is 27.8. The average molecular weight is 629 g/mol. The molecule has 18 heteroatoms. The number of amides is 1. The number of fused-ring (bicyclic) bond motifs is 2. The number of aromatic nitrogens is 6. The summed E-state index contributed by atoms with van der Waals surface area (Å²) in [7, 11) is 0. The molecule has 1 unspecified atom stereocenters. The Hall–Kier alpha value is -3.84. The Morgan fingerprint density at radius 3 is 2.75 bits per heavy atom. The Kier molecular flexibility index (Phi) is 8.18. The third-order valence-electron chi connectivity index (χ3n) is 8.12. The van der Waals surface area contributed by atoms with Gasteiger partial charge in [0.1, 0.15) is 29.8 Å². The summed E-state index contributed by atoms with van der Waals surface area (Å²) in [5.74, 6) is 0.617. The van der Waals surface area contributed by atoms with Gasteiger partial charge in [0.05, 0.1) is 18.0 Å². The van der Waals surface area contributed by atoms with Crippen molar-refractivity contribution in [2.45, 2.75) is 62.0 Å². The molecule has 0 aromatic carbocycles. The molecule has 0 spiro atoms. The van der Waals surface area contributed by atoms with Crippen LogP contribution >= 0.6 is 11.8 Å². The number of ether oxygens (including phenoxy) is 1. The smallest absolute Gasteiger partial charge is 0.280 e. The van der Waals surface area contributed by atoms with Gasteiger partial charge in [-0.3, -0.25) is 19.1 Å². The summed E-state index contributed by atoms with van der Waals surface area (Å²) in [6.45, 7) is 6.40. The number of anilines is 3. The van der Waals surface area contributed by atoms with Crippen molar-refractivity contribution in [2.24, 2.45) is 4.99 Å². The van der Waals surface area contributed by atoms with Gasteiger partial charge in [-0.15, -0.1) is 0 Å². The number of thioether (sulfide) groups is 1. The molecule has 3 aromatic heterocycles. The van der Waals surface area contributed by atoms with Gasteiger partial charge in [0.25, 0.3) is 11.5 Å². The van der Waals surface area contributed by atoms with E-state index in [1.165, 1.54) is 12.7 Å². The van der Waals surface area contributed by atoms with E-state index in [-0.39, 0.29) is 34.9 Å². The number of carbonyl (C=O) groups excluding carboxylic acids is 1. The van der Waals surface area contributed by atoms with E-state index in [2.05, 4.69) is 45.4 Å². The second kappa shape index (κ2) is 11.9. The standard InChI is InChI=1S/C26H36N12O5S/c1-26(2)18(33-15-20(36-26)34-25(28)35-22(15)41)23(42)29-5-8-37-6-3-12(4-7-37)44-9-13-16(39)17(40)24(43-13)38-11-32-14-19(27)30-10-31-21(14)38/h10-13,16-17,24,39-40H,3-9H2,1-2H3,(H,29,42)(H2,27,30,31)(H4,28,34,35,36,41)/t13-,16?,17+,24-/m1/s1. The van der Waals surface area contributed by atoms with Gasteiger partial charge < -0.3 is 42.0 Å². The van der Waals surface area contributed by atoms with Gasteiger partial charge >= 0.3 is 0 Å². The quantitative estimate of drug-likeness (QED) is 0.158. The Balaban J connectivity index is 0.957. The molecule has 2 fully saturated rings. The van der Waals surface area contributed by atoms with E-state index in [0.29, 0.717) is 35.3 Å². The largest absolute Gasteiger partial charge is 0.387 e. The maximum absolute atomic E-state index is 13.0. The molecule has 4 atom stereocenters. The Bertz CT molecular complexity index is 1640. The number of likely N-dealkylation sites (tertiary alicyclic amines) is 1. The van der Waals surface area contributed by atoms with Gasteiger partial charge in [-0.2, -0.15) is 16.7 Å². The number of aromatic amines is 1. The number of nitrogens with one attached hydrogen (secondary N) is 3. The number of imidazole rings is 1. The molecule has 0 radical (unpaired) electrons. The first-order valence-corrected chi connectivity index (χ1v) is 15.4. The van der Waals surface area contributed by atoms with Crippen LogP contribution in [-0.2, 0) is 9.53 Å². The third kappa shape index (κ3) is 5.82. The Morgan fingerprint density at radius 1 is 1.20 bits per heavy atom. The maximum atomic E-state index is 13.0. The number of hydrogen-bond donors (Lipinski definition) is 7. The van der Waals surface area contributed by atoms with Crippen molar-refractivity contribution >= 4 is 57.8 Å². The lowest BCUT2D eigenvalue weighted by Gasteiger charge is -2.33. The van der Waals surface area contributed by atoms with E-state index in [1.807, 2.05) is 0 Å². The molecule has 3 aliphatic rings. The van der Waals surface area contributed by atoms with Crippen molar-refractivity contribution in [3.63, 3.8) is 0 Å². The summed E-state index contributed by atoms with van der Waals surface area (Å²) < 4.78 is 7.65. The van der Waals surface area contributed by atoms with Crippen molar-refractivity contribution < 1.29 is 19.7 Å². The minimum absolute atomic E-state index is 0.0266. The highest BCUT2D eigenvalue weighted by atomic mass is 32.2. The summed E-state index contributed by atoms with van der Waals surface area (Å²) in [4.78, 5) is 50.7. The van der Waals surface area contributed by atoms with E-state index in [1.54, 1.807) is 30.2 Å². The molecule has 0 bridgehead atoms. The minimum atomic E-state index is -1.14. The van der Waals surface area contributed by atoms with Crippen LogP contribution in [0.2, 0.25) is 0 Å². The molecule has 6 heterocycles. The number of rotatable bonds is 8. The van der Waals surface area contributed by atoms with E-state index in [9.17, 15) is 19.8 Å². The lowest BCUT2D eigenvalue weighted by atomic mass is 9.95. The third-order valence-corrected chi connectivity index (χ3v) is 9.58. The highest BCUT2D eigenvalue weighted by Crippen LogP contribution is 2.35. The first-order chi connectivity index (χ1) is 21.0. The fraction of sp³-hybridized carbons (Fsp3) is 0.577. The van der Waals surface area contributed by atoms with Gasteiger partial charge in [-0.05, 0) is 39.8 Å². The summed E-state index contributed by atoms with van der Waals surface area (Å²) in [5.41, 5.74) is 11.2. The Labute approximate surface area is 255 Å². The normalized spacial score (nSPS) is 25.4. The first kappa shape index (κ1) is 30.2. The van der Waals surface area contributed by atoms with Crippen LogP contribution in [0.1, 0.15) is 32.9 Å². The molecule has 3 aromatic rings. The minimum Gasteiger partial charge on any atom is -0.387 e. The molecule has 9 N–H and O–H groups in total. The van der Waals surface area contributed by atoms with E-state index in [0.717, 1.165) is 25.9 Å². The SMILES string of the molecule is CC1(C)Nc2nc(N)[nH]c(=O)c2N=C1C(=O)NCCN1CCC(SC[C@H]2O[C@@H](n3cnc4c(N)ncnc43)[C@@H](O)C2O)CC1. The molecule has 44 heavy (non-hydrogen) atoms. The summed E-state index contributed by atoms with van der Waals surface area (Å²) in [6.07, 6.45) is 1.10. The molecule has 1 amide bonds. The van der Waals surface area contributed by atoms with E-state index < -0.39 is 35.6 Å². The van der Waals surface area contributed by atoms with Crippen LogP contribution < -0.4 is 27.7 Å². The number of nitrogens with two attached hydrogens (primary N) is 2. The lowest BCUT2D eigenvalue weighted by Crippen LogP contribution is -2.52. The zero-order valence-corrected chi connectivity index (χ0v) is 25.1. The van der Waals surface area contributed by atoms with Gasteiger partial charge in [-0.1, -0.05) is 0 Å². The van der Waals surface area contributed by atoms with E-state index >= 15 is 0 Å². The molecule has 0 aliphatic carbocycles. The molecular formula is C26H36N12O5S. The van der Waals surface area contributed by atoms with Crippen LogP contribution in [0, 0.1) is 0 Å². The maximum Gasteiger partial charge on any atom is 0.280 e. The van der Waals surface area contributed by atoms with Crippen LogP contribution in [0.15, 0.2) is 22.4 Å². The molecule has 3 aliphatic heterocycles. The van der Waals surface area contributed by atoms with Gasteiger partial charge in [-0.25, -0.2) is 19.9 Å². The highest BCUT2D eigenvalue weighted by molar-refractivity contribution is 7.99. The monoisotopic (exact) mass is 628 g/mol. The van der Waals surface area contributed by atoms with Crippen molar-refractivity contribution in [3.05, 3.63) is 23.0 Å². The number of carbonyl (C=O) groups is 1. The van der Waals surface area contributed by atoms with Crippen molar-refractivity contribution in [2.75, 3.05) is 48.7 Å². The fourth-order valence-corrected chi connectivity index (χ4v) is 6.99. The zero-order valence-electron chi connectivity index (χ0n) is 24.3. The Morgan fingerprint density at radius 2 is 1.98 bits per heavy atom. The molecule has 17 nitrogen and oxygen atoms in total. The van der Waals surface area contributed by atoms with Gasteiger partial charge in [0.15, 0.2) is 29.2 Å². The zero-order chi connectivity index (χ0) is 31.2. The number of nitrogens with zero attached hydrogens (tertiary/aromatic N) is 7. The molecule has 6 rings (SSSR count). The van der Waals surface area contributed by atoms with Crippen LogP contribution in [0.25, 0.3) is 11.2 Å². The second-order valence-electron chi connectivity index (χ2n) is 11.6. The molecule has 236 valence electrons. The number of piperidine rings is 1. The molecular weight excluding hydrogens is 592 g/mol. The molecule has 0 saturated carbocycles. The number of aliphatic hydroxyl groups excluding tert-OH is 2. The van der Waals surface area contributed by atoms with Gasteiger partial charge in [0.2, 0.25) is 5.95 Å². The van der Waals surface area contributed by atoms with Gasteiger partial charge in [0, 0.05) is 24.1 Å². The van der Waals surface area contributed by atoms with Crippen LogP contribution in [-0.4, -0.2) is 117 Å². The fourth-order valence-electron chi connectivity index (χ4n) is 5.71. The number of aliphatic hydroxyl groups is 2. The number of nitrogen functional groups attached to an aromatic ring is 2. The van der Waals surface area contributed by atoms with Crippen molar-refractivity contribution in [1.29, 1.82) is 0 Å². The summed E-state index contributed by atoms with van der Waals surface area (Å²) in [6, 6.07) is 0. The van der Waals surface area contributed by atoms with Crippen LogP contribution in [0.4, 0.5) is 23.3 Å². The molecule has 2 saturated heterocycles. The average Bonchev–Trinajstić information content (AvgIpc) is 3.53. The van der Waals surface area contributed by atoms with E-state index in [4.69, 9.17) is 16.2 Å². The van der Waals surface area contributed by atoms with Crippen molar-refractivity contribution in [1.82, 2.24) is 39.7 Å². The number of hydrogen-bond acceptors (Lipinski definition) is 15. The highest BCUT2D eigenvalue weighted by Gasteiger charge is 2.44. The predicted molar refractivity (Wildman–Crippen MR) is 165 cm³/mol. The first-order valence-electron chi connectivity index (χ1n) is 14.4. The lowest BCUT2D eigenvalue weighted by molar-refractivity contribution is -0.115. The number of H-pyrrole nitrogens is 1. The predicted octanol–water partition coefficient (Wildman–Crippen LogP) is -1.02. The van der Waals surface area contributed by atoms with Crippen LogP contribution in [0.3, 0.4) is 0 Å². The summed E-state index contributed by atoms with van der Waals surface area (Å²) >= 11 is 1.72. The topological polar surface area (TPSA) is 248 Å². The second-order valence-corrected chi connectivity index (χ2v) is 13.0. The van der Waals surface area contributed by atoms with Crippen molar-refractivity contribution in [3.8, 4) is 0 Å².